The number of imide groups is 1. The number of benzene rings is 2. The van der Waals surface area contributed by atoms with E-state index < -0.39 is 11.8 Å². The molecular formula is C17H11Cl2IN2O2. The van der Waals surface area contributed by atoms with Crippen LogP contribution in [0.3, 0.4) is 0 Å². The monoisotopic (exact) mass is 472 g/mol. The standard InChI is InChI=1S/C17H11Cl2IN2O2/c1-9-12(18)3-2-4-13(9)21-15-14(19)16(23)22(17(15)24)11-7-5-10(20)6-8-11/h2-8,21H,1H3. The van der Waals surface area contributed by atoms with Crippen molar-refractivity contribution in [2.45, 2.75) is 6.92 Å². The first-order valence-electron chi connectivity index (χ1n) is 6.96. The topological polar surface area (TPSA) is 49.4 Å². The Balaban J connectivity index is 1.95. The van der Waals surface area contributed by atoms with Gasteiger partial charge in [-0.1, -0.05) is 29.3 Å². The summed E-state index contributed by atoms with van der Waals surface area (Å²) in [7, 11) is 0. The third-order valence-electron chi connectivity index (χ3n) is 3.64. The van der Waals surface area contributed by atoms with Gasteiger partial charge in [0.1, 0.15) is 10.7 Å². The predicted octanol–water partition coefficient (Wildman–Crippen LogP) is 4.69. The maximum atomic E-state index is 12.7. The fourth-order valence-electron chi connectivity index (χ4n) is 2.31. The van der Waals surface area contributed by atoms with Crippen LogP contribution in [-0.4, -0.2) is 11.8 Å². The summed E-state index contributed by atoms with van der Waals surface area (Å²) >= 11 is 14.4. The van der Waals surface area contributed by atoms with Crippen molar-refractivity contribution in [1.82, 2.24) is 0 Å². The van der Waals surface area contributed by atoms with E-state index in [0.717, 1.165) is 14.0 Å². The summed E-state index contributed by atoms with van der Waals surface area (Å²) in [5.41, 5.74) is 1.92. The molecule has 7 heteroatoms. The van der Waals surface area contributed by atoms with Crippen LogP contribution in [0.4, 0.5) is 11.4 Å². The molecule has 0 aromatic heterocycles. The molecule has 0 saturated carbocycles. The first-order chi connectivity index (χ1) is 11.4. The van der Waals surface area contributed by atoms with Crippen molar-refractivity contribution in [2.24, 2.45) is 0 Å². The Kier molecular flexibility index (Phi) is 4.85. The van der Waals surface area contributed by atoms with Crippen molar-refractivity contribution in [1.29, 1.82) is 0 Å². The van der Waals surface area contributed by atoms with E-state index in [1.165, 1.54) is 0 Å². The summed E-state index contributed by atoms with van der Waals surface area (Å²) in [4.78, 5) is 26.1. The van der Waals surface area contributed by atoms with Gasteiger partial charge in [0.05, 0.1) is 5.69 Å². The van der Waals surface area contributed by atoms with Crippen LogP contribution in [0.25, 0.3) is 0 Å². The summed E-state index contributed by atoms with van der Waals surface area (Å²) < 4.78 is 1.00. The number of rotatable bonds is 3. The molecule has 0 bridgehead atoms. The smallest absolute Gasteiger partial charge is 0.283 e. The summed E-state index contributed by atoms with van der Waals surface area (Å²) in [5.74, 6) is -1.05. The van der Waals surface area contributed by atoms with Gasteiger partial charge in [-0.25, -0.2) is 4.90 Å². The summed E-state index contributed by atoms with van der Waals surface area (Å²) in [6.07, 6.45) is 0. The van der Waals surface area contributed by atoms with Crippen molar-refractivity contribution in [2.75, 3.05) is 10.2 Å². The second kappa shape index (κ2) is 6.74. The summed E-state index contributed by atoms with van der Waals surface area (Å²) in [6.45, 7) is 1.82. The van der Waals surface area contributed by atoms with Crippen LogP contribution in [-0.2, 0) is 9.59 Å². The zero-order valence-corrected chi connectivity index (χ0v) is 16.1. The van der Waals surface area contributed by atoms with Gasteiger partial charge in [-0.2, -0.15) is 0 Å². The highest BCUT2D eigenvalue weighted by Crippen LogP contribution is 2.32. The lowest BCUT2D eigenvalue weighted by Gasteiger charge is -2.15. The Morgan fingerprint density at radius 2 is 1.67 bits per heavy atom. The maximum Gasteiger partial charge on any atom is 0.283 e. The van der Waals surface area contributed by atoms with Gasteiger partial charge in [-0.05, 0) is 71.5 Å². The van der Waals surface area contributed by atoms with Crippen LogP contribution in [0.15, 0.2) is 53.2 Å². The molecular weight excluding hydrogens is 462 g/mol. The molecule has 1 heterocycles. The fourth-order valence-corrected chi connectivity index (χ4v) is 3.06. The minimum Gasteiger partial charge on any atom is -0.349 e. The zero-order valence-electron chi connectivity index (χ0n) is 12.4. The zero-order chi connectivity index (χ0) is 17.4. The highest BCUT2D eigenvalue weighted by atomic mass is 127. The van der Waals surface area contributed by atoms with Crippen molar-refractivity contribution >= 4 is 69.0 Å². The van der Waals surface area contributed by atoms with E-state index in [2.05, 4.69) is 27.9 Å². The highest BCUT2D eigenvalue weighted by Gasteiger charge is 2.39. The van der Waals surface area contributed by atoms with Gasteiger partial charge in [-0.15, -0.1) is 0 Å². The molecule has 0 fully saturated rings. The van der Waals surface area contributed by atoms with Gasteiger partial charge in [-0.3, -0.25) is 9.59 Å². The molecule has 1 aliphatic heterocycles. The van der Waals surface area contributed by atoms with Crippen LogP contribution < -0.4 is 10.2 Å². The Morgan fingerprint density at radius 3 is 2.33 bits per heavy atom. The quantitative estimate of drug-likeness (QED) is 0.520. The predicted molar refractivity (Wildman–Crippen MR) is 104 cm³/mol. The number of carbonyl (C=O) groups is 2. The minimum atomic E-state index is -0.551. The van der Waals surface area contributed by atoms with E-state index in [4.69, 9.17) is 23.2 Å². The molecule has 2 aromatic carbocycles. The average Bonchev–Trinajstić information content (AvgIpc) is 2.76. The molecule has 0 atom stereocenters. The van der Waals surface area contributed by atoms with E-state index in [-0.39, 0.29) is 10.7 Å². The molecule has 2 aromatic rings. The lowest BCUT2D eigenvalue weighted by atomic mass is 10.2. The van der Waals surface area contributed by atoms with Crippen molar-refractivity contribution in [3.8, 4) is 0 Å². The van der Waals surface area contributed by atoms with Gasteiger partial charge >= 0.3 is 0 Å². The number of hydrogen-bond donors (Lipinski definition) is 1. The molecule has 2 amide bonds. The second-order valence-electron chi connectivity index (χ2n) is 5.15. The van der Waals surface area contributed by atoms with Gasteiger partial charge in [0.2, 0.25) is 0 Å². The third-order valence-corrected chi connectivity index (χ3v) is 5.12. The van der Waals surface area contributed by atoms with Gasteiger partial charge in [0.15, 0.2) is 0 Å². The van der Waals surface area contributed by atoms with Gasteiger partial charge < -0.3 is 5.32 Å². The number of hydrogen-bond acceptors (Lipinski definition) is 3. The molecule has 0 aliphatic carbocycles. The lowest BCUT2D eigenvalue weighted by Crippen LogP contribution is -2.32. The third kappa shape index (κ3) is 3.03. The molecule has 1 aliphatic rings. The SMILES string of the molecule is Cc1c(Cl)cccc1NC1=C(Cl)C(=O)N(c2ccc(I)cc2)C1=O. The molecule has 0 unspecified atom stereocenters. The first kappa shape index (κ1) is 17.3. The molecule has 3 rings (SSSR count). The van der Waals surface area contributed by atoms with Crippen molar-refractivity contribution in [3.05, 3.63) is 67.4 Å². The number of amides is 2. The largest absolute Gasteiger partial charge is 0.349 e. The van der Waals surface area contributed by atoms with Crippen LogP contribution in [0.5, 0.6) is 0 Å². The van der Waals surface area contributed by atoms with Gasteiger partial charge in [0.25, 0.3) is 11.8 Å². The van der Waals surface area contributed by atoms with Crippen molar-refractivity contribution < 1.29 is 9.59 Å². The number of anilines is 2. The van der Waals surface area contributed by atoms with Crippen molar-refractivity contribution in [3.63, 3.8) is 0 Å². The Morgan fingerprint density at radius 1 is 1.00 bits per heavy atom. The number of halogens is 3. The Labute approximate surface area is 162 Å². The Hall–Kier alpha value is -1.57. The number of carbonyl (C=O) groups excluding carboxylic acids is 2. The normalized spacial score (nSPS) is 14.6. The Bertz CT molecular complexity index is 879. The van der Waals surface area contributed by atoms with E-state index in [1.54, 1.807) is 30.3 Å². The van der Waals surface area contributed by atoms with Crippen LogP contribution in [0.1, 0.15) is 5.56 Å². The number of nitrogens with zero attached hydrogens (tertiary/aromatic N) is 1. The second-order valence-corrected chi connectivity index (χ2v) is 7.18. The van der Waals surface area contributed by atoms with Crippen LogP contribution in [0, 0.1) is 10.5 Å². The summed E-state index contributed by atoms with van der Waals surface area (Å²) in [5, 5.41) is 3.36. The van der Waals surface area contributed by atoms with Crippen LogP contribution in [0.2, 0.25) is 5.02 Å². The lowest BCUT2D eigenvalue weighted by molar-refractivity contribution is -0.120. The first-order valence-corrected chi connectivity index (χ1v) is 8.80. The fraction of sp³-hybridized carbons (Fsp3) is 0.0588. The van der Waals surface area contributed by atoms with Crippen LogP contribution >= 0.6 is 45.8 Å². The molecule has 0 radical (unpaired) electrons. The molecule has 122 valence electrons. The van der Waals surface area contributed by atoms with E-state index in [1.807, 2.05) is 19.1 Å². The average molecular weight is 473 g/mol. The molecule has 1 N–H and O–H groups in total. The highest BCUT2D eigenvalue weighted by molar-refractivity contribution is 14.1. The summed E-state index contributed by atoms with van der Waals surface area (Å²) in [6, 6.07) is 12.3. The van der Waals surface area contributed by atoms with E-state index >= 15 is 0 Å². The molecule has 0 saturated heterocycles. The minimum absolute atomic E-state index is 0.0468. The van der Waals surface area contributed by atoms with E-state index in [0.29, 0.717) is 16.4 Å². The maximum absolute atomic E-state index is 12.7. The molecule has 4 nitrogen and oxygen atoms in total. The number of nitrogens with one attached hydrogen (secondary N) is 1. The molecule has 0 spiro atoms. The van der Waals surface area contributed by atoms with E-state index in [9.17, 15) is 9.59 Å². The van der Waals surface area contributed by atoms with Gasteiger partial charge in [0, 0.05) is 14.3 Å². The molecule has 24 heavy (non-hydrogen) atoms.